The van der Waals surface area contributed by atoms with Crippen molar-refractivity contribution in [1.82, 2.24) is 15.3 Å². The van der Waals surface area contributed by atoms with Crippen LogP contribution in [-0.4, -0.2) is 43.3 Å². The van der Waals surface area contributed by atoms with Gasteiger partial charge in [0.15, 0.2) is 0 Å². The second kappa shape index (κ2) is 9.47. The number of anilines is 1. The Balaban J connectivity index is 1.41. The van der Waals surface area contributed by atoms with Crippen molar-refractivity contribution < 1.29 is 13.9 Å². The van der Waals surface area contributed by atoms with E-state index in [2.05, 4.69) is 15.2 Å². The summed E-state index contributed by atoms with van der Waals surface area (Å²) in [5, 5.41) is 4.45. The van der Waals surface area contributed by atoms with Gasteiger partial charge in [0, 0.05) is 37.1 Å². The highest BCUT2D eigenvalue weighted by atomic mass is 19.1. The lowest BCUT2D eigenvalue weighted by molar-refractivity contribution is 0.392. The van der Waals surface area contributed by atoms with Crippen molar-refractivity contribution in [3.05, 3.63) is 53.5 Å². The van der Waals surface area contributed by atoms with Crippen molar-refractivity contribution in [3.8, 4) is 11.5 Å². The van der Waals surface area contributed by atoms with E-state index in [0.717, 1.165) is 78.5 Å². The zero-order valence-electron chi connectivity index (χ0n) is 18.3. The number of hydrogen-bond donors (Lipinski definition) is 1. The molecule has 4 rings (SSSR count). The maximum atomic E-state index is 13.6. The van der Waals surface area contributed by atoms with Crippen LogP contribution in [0.25, 0.3) is 10.9 Å². The molecule has 164 valence electrons. The van der Waals surface area contributed by atoms with Gasteiger partial charge in [-0.05, 0) is 62.1 Å². The minimum absolute atomic E-state index is 0.260. The van der Waals surface area contributed by atoms with Crippen LogP contribution in [-0.2, 0) is 6.54 Å². The zero-order chi connectivity index (χ0) is 21.8. The first-order valence-electron chi connectivity index (χ1n) is 10.7. The Hall–Kier alpha value is -2.93. The summed E-state index contributed by atoms with van der Waals surface area (Å²) in [7, 11) is 3.33. The van der Waals surface area contributed by atoms with Gasteiger partial charge >= 0.3 is 0 Å². The van der Waals surface area contributed by atoms with E-state index in [4.69, 9.17) is 14.5 Å². The molecule has 0 aliphatic carbocycles. The van der Waals surface area contributed by atoms with E-state index in [9.17, 15) is 4.39 Å². The molecule has 1 N–H and O–H groups in total. The van der Waals surface area contributed by atoms with Gasteiger partial charge in [0.05, 0.1) is 25.4 Å². The minimum atomic E-state index is -0.260. The first kappa shape index (κ1) is 21.3. The lowest BCUT2D eigenvalue weighted by atomic mass is 10.1. The van der Waals surface area contributed by atoms with Gasteiger partial charge in [-0.3, -0.25) is 0 Å². The number of methoxy groups -OCH3 is 2. The molecule has 1 unspecified atom stereocenters. The molecule has 2 heterocycles. The predicted molar refractivity (Wildman–Crippen MR) is 120 cm³/mol. The molecule has 0 amide bonds. The van der Waals surface area contributed by atoms with E-state index in [-0.39, 0.29) is 5.82 Å². The second-order valence-corrected chi connectivity index (χ2v) is 7.99. The number of nitrogens with one attached hydrogen (secondary N) is 1. The number of nitrogens with zero attached hydrogens (tertiary/aromatic N) is 3. The molecule has 31 heavy (non-hydrogen) atoms. The fourth-order valence-corrected chi connectivity index (χ4v) is 4.11. The van der Waals surface area contributed by atoms with Crippen molar-refractivity contribution in [3.63, 3.8) is 0 Å². The van der Waals surface area contributed by atoms with E-state index >= 15 is 0 Å². The number of ether oxygens (including phenoxy) is 2. The van der Waals surface area contributed by atoms with Crippen LogP contribution in [0.5, 0.6) is 11.5 Å². The van der Waals surface area contributed by atoms with Crippen LogP contribution >= 0.6 is 0 Å². The van der Waals surface area contributed by atoms with Gasteiger partial charge in [0.1, 0.15) is 17.3 Å². The molecule has 0 saturated carbocycles. The summed E-state index contributed by atoms with van der Waals surface area (Å²) >= 11 is 0. The average molecular weight is 425 g/mol. The van der Waals surface area contributed by atoms with Crippen molar-refractivity contribution in [2.75, 3.05) is 32.2 Å². The van der Waals surface area contributed by atoms with Gasteiger partial charge < -0.3 is 19.7 Å². The highest BCUT2D eigenvalue weighted by Gasteiger charge is 2.20. The standard InChI is InChI=1S/C24H29FN4O2/c1-16-22-13-18(25)6-7-23(22)28-24(27-16)29-9-4-5-19(8-10-29)26-15-17-11-20(30-2)14-21(12-17)31-3/h6-7,11-14,19,26H,4-5,8-10,15H2,1-3H3. The highest BCUT2D eigenvalue weighted by molar-refractivity contribution is 5.81. The quantitative estimate of drug-likeness (QED) is 0.639. The largest absolute Gasteiger partial charge is 0.497 e. The van der Waals surface area contributed by atoms with Crippen LogP contribution < -0.4 is 19.7 Å². The first-order valence-corrected chi connectivity index (χ1v) is 10.7. The van der Waals surface area contributed by atoms with Crippen molar-refractivity contribution in [2.45, 2.75) is 38.8 Å². The van der Waals surface area contributed by atoms with Crippen molar-refractivity contribution in [1.29, 1.82) is 0 Å². The molecule has 0 bridgehead atoms. The number of aryl methyl sites for hydroxylation is 1. The summed E-state index contributed by atoms with van der Waals surface area (Å²) in [6.45, 7) is 4.47. The number of aromatic nitrogens is 2. The maximum Gasteiger partial charge on any atom is 0.226 e. The van der Waals surface area contributed by atoms with Gasteiger partial charge in [-0.15, -0.1) is 0 Å². The third-order valence-electron chi connectivity index (χ3n) is 5.85. The van der Waals surface area contributed by atoms with E-state index in [1.807, 2.05) is 25.1 Å². The third kappa shape index (κ3) is 5.05. The Morgan fingerprint density at radius 3 is 2.55 bits per heavy atom. The second-order valence-electron chi connectivity index (χ2n) is 7.99. The molecule has 3 aromatic rings. The molecule has 0 spiro atoms. The summed E-state index contributed by atoms with van der Waals surface area (Å²) < 4.78 is 24.3. The van der Waals surface area contributed by atoms with E-state index in [1.54, 1.807) is 20.3 Å². The normalized spacial score (nSPS) is 16.9. The van der Waals surface area contributed by atoms with Crippen molar-refractivity contribution >= 4 is 16.9 Å². The molecule has 7 heteroatoms. The van der Waals surface area contributed by atoms with Crippen LogP contribution in [0.3, 0.4) is 0 Å². The molecule has 0 radical (unpaired) electrons. The first-order chi connectivity index (χ1) is 15.1. The van der Waals surface area contributed by atoms with Gasteiger partial charge in [0.2, 0.25) is 5.95 Å². The Kier molecular flexibility index (Phi) is 6.51. The molecule has 1 aliphatic heterocycles. The summed E-state index contributed by atoms with van der Waals surface area (Å²) in [4.78, 5) is 11.6. The van der Waals surface area contributed by atoms with Crippen LogP contribution in [0.15, 0.2) is 36.4 Å². The molecule has 1 fully saturated rings. The summed E-state index contributed by atoms with van der Waals surface area (Å²) in [5.74, 6) is 2.07. The monoisotopic (exact) mass is 424 g/mol. The molecule has 1 saturated heterocycles. The SMILES string of the molecule is COc1cc(CNC2CCCN(c3nc(C)c4cc(F)ccc4n3)CC2)cc(OC)c1. The number of rotatable bonds is 6. The smallest absolute Gasteiger partial charge is 0.226 e. The Bertz CT molecular complexity index is 1040. The van der Waals surface area contributed by atoms with Crippen LogP contribution in [0, 0.1) is 12.7 Å². The summed E-state index contributed by atoms with van der Waals surface area (Å²) in [6.07, 6.45) is 3.16. The summed E-state index contributed by atoms with van der Waals surface area (Å²) in [5.41, 5.74) is 2.73. The number of hydrogen-bond acceptors (Lipinski definition) is 6. The minimum Gasteiger partial charge on any atom is -0.497 e. The van der Waals surface area contributed by atoms with Gasteiger partial charge in [0.25, 0.3) is 0 Å². The summed E-state index contributed by atoms with van der Waals surface area (Å²) in [6, 6.07) is 11.1. The van der Waals surface area contributed by atoms with E-state index < -0.39 is 0 Å². The average Bonchev–Trinajstić information content (AvgIpc) is 3.03. The van der Waals surface area contributed by atoms with Crippen LogP contribution in [0.4, 0.5) is 10.3 Å². The van der Waals surface area contributed by atoms with Gasteiger partial charge in [-0.25, -0.2) is 14.4 Å². The molecule has 1 aromatic heterocycles. The molecular weight excluding hydrogens is 395 g/mol. The fraction of sp³-hybridized carbons (Fsp3) is 0.417. The number of benzene rings is 2. The highest BCUT2D eigenvalue weighted by Crippen LogP contribution is 2.24. The van der Waals surface area contributed by atoms with Crippen molar-refractivity contribution in [2.24, 2.45) is 0 Å². The predicted octanol–water partition coefficient (Wildman–Crippen LogP) is 4.24. The zero-order valence-corrected chi connectivity index (χ0v) is 18.3. The van der Waals surface area contributed by atoms with Crippen LogP contribution in [0.2, 0.25) is 0 Å². The lowest BCUT2D eigenvalue weighted by Crippen LogP contribution is -2.31. The lowest BCUT2D eigenvalue weighted by Gasteiger charge is -2.22. The molecule has 6 nitrogen and oxygen atoms in total. The molecule has 2 aromatic carbocycles. The number of fused-ring (bicyclic) bond motifs is 1. The van der Waals surface area contributed by atoms with Gasteiger partial charge in [-0.2, -0.15) is 0 Å². The molecule has 1 atom stereocenters. The Morgan fingerprint density at radius 2 is 1.81 bits per heavy atom. The number of halogens is 1. The van der Waals surface area contributed by atoms with Crippen LogP contribution in [0.1, 0.15) is 30.5 Å². The van der Waals surface area contributed by atoms with E-state index in [1.165, 1.54) is 12.1 Å². The maximum absolute atomic E-state index is 13.6. The van der Waals surface area contributed by atoms with Gasteiger partial charge in [-0.1, -0.05) is 0 Å². The topological polar surface area (TPSA) is 59.5 Å². The molecular formula is C24H29FN4O2. The fourth-order valence-electron chi connectivity index (χ4n) is 4.11. The Morgan fingerprint density at radius 1 is 1.03 bits per heavy atom. The van der Waals surface area contributed by atoms with E-state index in [0.29, 0.717) is 6.04 Å². The third-order valence-corrected chi connectivity index (χ3v) is 5.85. The Labute approximate surface area is 182 Å². The molecule has 1 aliphatic rings.